The zero-order chi connectivity index (χ0) is 37.5. The average Bonchev–Trinajstić information content (AvgIpc) is 3.64. The topological polar surface area (TPSA) is 95.9 Å². The molecular formula is C44H72N2O5. The number of amides is 1. The van der Waals surface area contributed by atoms with Crippen molar-refractivity contribution >= 4 is 17.8 Å². The van der Waals surface area contributed by atoms with Crippen LogP contribution in [-0.2, 0) is 19.1 Å². The fraction of sp³-hybridized carbons (Fsp3) is 0.886. The van der Waals surface area contributed by atoms with Crippen molar-refractivity contribution in [3.8, 4) is 0 Å². The van der Waals surface area contributed by atoms with Gasteiger partial charge >= 0.3 is 11.9 Å². The summed E-state index contributed by atoms with van der Waals surface area (Å²) in [5.41, 5.74) is 0.618. The summed E-state index contributed by atoms with van der Waals surface area (Å²) >= 11 is 0. The van der Waals surface area contributed by atoms with Crippen LogP contribution in [0.4, 0.5) is 0 Å². The number of carbonyl (C=O) groups excluding carboxylic acids is 2. The van der Waals surface area contributed by atoms with Gasteiger partial charge < -0.3 is 20.1 Å². The lowest BCUT2D eigenvalue weighted by Crippen LogP contribution is -2.67. The third-order valence-corrected chi connectivity index (χ3v) is 17.6. The minimum atomic E-state index is -1.14. The molecule has 1 amide bonds. The van der Waals surface area contributed by atoms with E-state index in [4.69, 9.17) is 4.74 Å². The Balaban J connectivity index is 1.22. The van der Waals surface area contributed by atoms with Crippen molar-refractivity contribution in [3.05, 3.63) is 12.2 Å². The lowest BCUT2D eigenvalue weighted by Gasteiger charge is -2.73. The van der Waals surface area contributed by atoms with E-state index in [-0.39, 0.29) is 51.5 Å². The second-order valence-electron chi connectivity index (χ2n) is 21.1. The summed E-state index contributed by atoms with van der Waals surface area (Å²) in [5, 5.41) is 13.1. The van der Waals surface area contributed by atoms with Crippen LogP contribution in [0.5, 0.6) is 0 Å². The van der Waals surface area contributed by atoms with Crippen molar-refractivity contribution in [1.29, 1.82) is 0 Å². The van der Waals surface area contributed by atoms with E-state index in [2.05, 4.69) is 72.4 Å². The van der Waals surface area contributed by atoms with Gasteiger partial charge in [-0.2, -0.15) is 0 Å². The van der Waals surface area contributed by atoms with E-state index in [0.29, 0.717) is 48.1 Å². The molecule has 0 radical (unpaired) electrons. The number of carboxylic acids is 1. The van der Waals surface area contributed by atoms with Crippen LogP contribution in [0.2, 0.25) is 0 Å². The van der Waals surface area contributed by atoms with Crippen LogP contribution in [0.1, 0.15) is 152 Å². The van der Waals surface area contributed by atoms with Gasteiger partial charge in [-0.15, -0.1) is 0 Å². The van der Waals surface area contributed by atoms with Crippen LogP contribution < -0.4 is 5.32 Å². The molecule has 6 fully saturated rings. The van der Waals surface area contributed by atoms with E-state index >= 15 is 0 Å². The molecule has 0 spiro atoms. The van der Waals surface area contributed by atoms with Gasteiger partial charge in [0.1, 0.15) is 6.10 Å². The first kappa shape index (κ1) is 38.8. The molecule has 0 aromatic rings. The molecule has 2 N–H and O–H groups in total. The molecule has 51 heavy (non-hydrogen) atoms. The number of ether oxygens (including phenoxy) is 1. The van der Waals surface area contributed by atoms with E-state index in [9.17, 15) is 19.5 Å². The molecule has 0 bridgehead atoms. The van der Waals surface area contributed by atoms with Gasteiger partial charge in [0.15, 0.2) is 0 Å². The number of aliphatic carboxylic acids is 1. The lowest BCUT2D eigenvalue weighted by molar-refractivity contribution is -0.250. The highest BCUT2D eigenvalue weighted by Crippen LogP contribution is 2.78. The van der Waals surface area contributed by atoms with E-state index in [1.54, 1.807) is 13.8 Å². The Morgan fingerprint density at radius 1 is 0.863 bits per heavy atom. The zero-order valence-electron chi connectivity index (χ0n) is 34.0. The molecule has 0 saturated heterocycles. The molecule has 6 rings (SSSR count). The number of hydrogen-bond donors (Lipinski definition) is 2. The van der Waals surface area contributed by atoms with Gasteiger partial charge in [0, 0.05) is 23.9 Å². The number of carbonyl (C=O) groups is 3. The van der Waals surface area contributed by atoms with Crippen molar-refractivity contribution in [2.45, 2.75) is 170 Å². The third-order valence-electron chi connectivity index (χ3n) is 17.6. The number of esters is 1. The quantitative estimate of drug-likeness (QED) is 0.183. The monoisotopic (exact) mass is 709 g/mol. The van der Waals surface area contributed by atoms with E-state index in [1.165, 1.54) is 37.7 Å². The first-order valence-electron chi connectivity index (χ1n) is 20.7. The average molecular weight is 709 g/mol. The molecule has 6 saturated carbocycles. The number of hydrogen-bond acceptors (Lipinski definition) is 5. The number of nitrogens with zero attached hydrogens (tertiary/aromatic N) is 1. The van der Waals surface area contributed by atoms with Crippen LogP contribution >= 0.6 is 0 Å². The van der Waals surface area contributed by atoms with Gasteiger partial charge in [-0.25, -0.2) is 0 Å². The first-order chi connectivity index (χ1) is 23.6. The molecule has 288 valence electrons. The van der Waals surface area contributed by atoms with Crippen LogP contribution in [-0.4, -0.2) is 60.1 Å². The summed E-state index contributed by atoms with van der Waals surface area (Å²) in [6, 6.07) is 0.868. The first-order valence-corrected chi connectivity index (χ1v) is 20.7. The molecule has 0 aliphatic heterocycles. The Bertz CT molecular complexity index is 1400. The summed E-state index contributed by atoms with van der Waals surface area (Å²) in [6.45, 7) is 22.5. The fourth-order valence-corrected chi connectivity index (χ4v) is 14.6. The molecule has 6 aliphatic rings. The van der Waals surface area contributed by atoms with Crippen molar-refractivity contribution in [3.63, 3.8) is 0 Å². The van der Waals surface area contributed by atoms with Crippen molar-refractivity contribution < 1.29 is 24.2 Å². The maximum Gasteiger partial charge on any atom is 0.309 e. The van der Waals surface area contributed by atoms with Crippen LogP contribution in [0.3, 0.4) is 0 Å². The maximum atomic E-state index is 13.9. The summed E-state index contributed by atoms with van der Waals surface area (Å²) in [7, 11) is 4.32. The van der Waals surface area contributed by atoms with Crippen LogP contribution in [0.15, 0.2) is 12.2 Å². The summed E-state index contributed by atoms with van der Waals surface area (Å²) in [4.78, 5) is 41.1. The summed E-state index contributed by atoms with van der Waals surface area (Å²) in [6.07, 6.45) is 15.0. The Hall–Kier alpha value is -1.89. The molecule has 0 unspecified atom stereocenters. The van der Waals surface area contributed by atoms with Gasteiger partial charge in [-0.1, -0.05) is 46.8 Å². The number of nitrogens with one attached hydrogen (secondary N) is 1. The molecule has 12 atom stereocenters. The standard InChI is InChI=1S/C44H72N2O5/c1-27(2)30-16-21-44(25-35(47)45-28-12-13-29(24-28)46(10)11)23-22-42(8)31(37(30)44)14-15-33-41(7)19-18-34(51-36(48)26-39(3,4)38(49)50)40(5,6)32(41)17-20-43(33,42)9/h28-34,37H,1,12-26H2,2-11H3,(H,45,47)(H,49,50)/t28-,29+,30+,31-,32+,33-,34+,37-,41+,42-,43-,44-/m1/s1. The summed E-state index contributed by atoms with van der Waals surface area (Å²) < 4.78 is 6.19. The van der Waals surface area contributed by atoms with Gasteiger partial charge in [-0.3, -0.25) is 14.4 Å². The molecule has 7 heteroatoms. The minimum absolute atomic E-state index is 0.0703. The molecular weight excluding hydrogens is 636 g/mol. The molecule has 0 aromatic carbocycles. The predicted molar refractivity (Wildman–Crippen MR) is 203 cm³/mol. The van der Waals surface area contributed by atoms with Crippen LogP contribution in [0, 0.1) is 62.1 Å². The smallest absolute Gasteiger partial charge is 0.309 e. The number of fused-ring (bicyclic) bond motifs is 7. The van der Waals surface area contributed by atoms with Gasteiger partial charge in [0.25, 0.3) is 0 Å². The van der Waals surface area contributed by atoms with Gasteiger partial charge in [-0.05, 0) is 170 Å². The highest BCUT2D eigenvalue weighted by molar-refractivity contribution is 5.81. The fourth-order valence-electron chi connectivity index (χ4n) is 14.6. The molecule has 0 heterocycles. The number of carboxylic acid groups (broad SMARTS) is 1. The Labute approximate surface area is 309 Å². The van der Waals surface area contributed by atoms with Crippen molar-refractivity contribution in [2.24, 2.45) is 62.1 Å². The summed E-state index contributed by atoms with van der Waals surface area (Å²) in [5.74, 6) is 1.57. The van der Waals surface area contributed by atoms with Gasteiger partial charge in [0.05, 0.1) is 11.8 Å². The Morgan fingerprint density at radius 3 is 2.20 bits per heavy atom. The SMILES string of the molecule is C=C(C)[C@@H]1CC[C@]2(CC(=O)N[C@@H]3CC[C@H](N(C)C)C3)CC[C@]3(C)[C@H](CC[C@@H]4[C@@]5(C)CC[C@H](OC(=O)CC(C)(C)C(=O)O)C(C)(C)[C@@H]5CC[C@]43C)[C@@H]12. The maximum absolute atomic E-state index is 13.9. The molecule has 6 aliphatic carbocycles. The number of allylic oxidation sites excluding steroid dienone is 1. The normalized spacial score (nSPS) is 44.5. The van der Waals surface area contributed by atoms with Gasteiger partial charge in [0.2, 0.25) is 5.91 Å². The largest absolute Gasteiger partial charge is 0.481 e. The number of rotatable bonds is 9. The second kappa shape index (κ2) is 13.1. The Kier molecular flexibility index (Phi) is 10.0. The zero-order valence-corrected chi connectivity index (χ0v) is 34.0. The van der Waals surface area contributed by atoms with Crippen molar-refractivity contribution in [2.75, 3.05) is 14.1 Å². The van der Waals surface area contributed by atoms with E-state index < -0.39 is 11.4 Å². The van der Waals surface area contributed by atoms with Crippen LogP contribution in [0.25, 0.3) is 0 Å². The highest BCUT2D eigenvalue weighted by Gasteiger charge is 2.71. The molecule has 0 aromatic heterocycles. The third kappa shape index (κ3) is 6.23. The minimum Gasteiger partial charge on any atom is -0.481 e. The second-order valence-corrected chi connectivity index (χ2v) is 21.1. The highest BCUT2D eigenvalue weighted by atomic mass is 16.5. The molecule has 7 nitrogen and oxygen atoms in total. The Morgan fingerprint density at radius 2 is 1.57 bits per heavy atom. The van der Waals surface area contributed by atoms with E-state index in [1.807, 2.05) is 0 Å². The lowest BCUT2D eigenvalue weighted by atomic mass is 9.32. The van der Waals surface area contributed by atoms with Crippen molar-refractivity contribution in [1.82, 2.24) is 10.2 Å². The predicted octanol–water partition coefficient (Wildman–Crippen LogP) is 9.05. The van der Waals surface area contributed by atoms with E-state index in [0.717, 1.165) is 51.4 Å².